The number of rotatable bonds is 4. The molecule has 0 aliphatic heterocycles. The molecule has 0 aliphatic rings. The number of aromatic nitrogens is 1. The number of aromatic amines is 1. The van der Waals surface area contributed by atoms with E-state index in [9.17, 15) is 4.79 Å². The monoisotopic (exact) mass is 167 g/mol. The molecule has 0 atom stereocenters. The lowest BCUT2D eigenvalue weighted by Crippen LogP contribution is -2.07. The van der Waals surface area contributed by atoms with Gasteiger partial charge in [0.2, 0.25) is 5.43 Å². The van der Waals surface area contributed by atoms with Crippen molar-refractivity contribution in [1.29, 1.82) is 0 Å². The highest BCUT2D eigenvalue weighted by atomic mass is 16.5. The SMILES string of the molecule is CCCCOc1c[nH]ccc1=O. The van der Waals surface area contributed by atoms with Crippen LogP contribution in [-0.4, -0.2) is 11.6 Å². The lowest BCUT2D eigenvalue weighted by atomic mass is 10.3. The van der Waals surface area contributed by atoms with Crippen molar-refractivity contribution in [3.8, 4) is 5.75 Å². The predicted octanol–water partition coefficient (Wildman–Crippen LogP) is 1.55. The maximum Gasteiger partial charge on any atom is 0.223 e. The van der Waals surface area contributed by atoms with Gasteiger partial charge in [-0.15, -0.1) is 0 Å². The first kappa shape index (κ1) is 8.84. The van der Waals surface area contributed by atoms with Gasteiger partial charge >= 0.3 is 0 Å². The third-order valence-electron chi connectivity index (χ3n) is 1.54. The molecule has 0 bridgehead atoms. The minimum atomic E-state index is -0.0650. The number of nitrogens with one attached hydrogen (secondary N) is 1. The fourth-order valence-electron chi connectivity index (χ4n) is 0.840. The molecule has 0 aliphatic carbocycles. The average Bonchev–Trinajstić information content (AvgIpc) is 2.09. The molecule has 1 aromatic rings. The summed E-state index contributed by atoms with van der Waals surface area (Å²) in [5, 5.41) is 0. The summed E-state index contributed by atoms with van der Waals surface area (Å²) in [5.41, 5.74) is -0.0650. The fraction of sp³-hybridized carbons (Fsp3) is 0.444. The molecule has 1 rings (SSSR count). The molecule has 0 fully saturated rings. The van der Waals surface area contributed by atoms with Crippen molar-refractivity contribution < 1.29 is 4.74 Å². The first-order valence-electron chi connectivity index (χ1n) is 4.14. The molecule has 1 N–H and O–H groups in total. The van der Waals surface area contributed by atoms with Crippen LogP contribution in [0.15, 0.2) is 23.3 Å². The van der Waals surface area contributed by atoms with Crippen LogP contribution in [0.3, 0.4) is 0 Å². The molecule has 66 valence electrons. The molecule has 0 spiro atoms. The maximum absolute atomic E-state index is 11.1. The zero-order valence-electron chi connectivity index (χ0n) is 7.17. The van der Waals surface area contributed by atoms with Crippen molar-refractivity contribution in [2.24, 2.45) is 0 Å². The van der Waals surface area contributed by atoms with E-state index in [-0.39, 0.29) is 5.43 Å². The van der Waals surface area contributed by atoms with Crippen LogP contribution in [-0.2, 0) is 0 Å². The van der Waals surface area contributed by atoms with Crippen molar-refractivity contribution in [2.45, 2.75) is 19.8 Å². The molecular formula is C9H13NO2. The molecule has 0 saturated heterocycles. The highest BCUT2D eigenvalue weighted by Crippen LogP contribution is 1.99. The summed E-state index contributed by atoms with van der Waals surface area (Å²) < 4.78 is 5.23. The van der Waals surface area contributed by atoms with Gasteiger partial charge in [-0.3, -0.25) is 4.79 Å². The molecule has 1 aromatic heterocycles. The van der Waals surface area contributed by atoms with Crippen LogP contribution in [0, 0.1) is 0 Å². The summed E-state index contributed by atoms with van der Waals surface area (Å²) in [4.78, 5) is 13.9. The highest BCUT2D eigenvalue weighted by molar-refractivity contribution is 5.15. The van der Waals surface area contributed by atoms with Gasteiger partial charge in [-0.25, -0.2) is 0 Å². The smallest absolute Gasteiger partial charge is 0.223 e. The van der Waals surface area contributed by atoms with E-state index in [0.29, 0.717) is 12.4 Å². The van der Waals surface area contributed by atoms with Crippen LogP contribution in [0.2, 0.25) is 0 Å². The average molecular weight is 167 g/mol. The highest BCUT2D eigenvalue weighted by Gasteiger charge is 1.96. The third-order valence-corrected chi connectivity index (χ3v) is 1.54. The van der Waals surface area contributed by atoms with Crippen molar-refractivity contribution in [1.82, 2.24) is 4.98 Å². The summed E-state index contributed by atoms with van der Waals surface area (Å²) >= 11 is 0. The lowest BCUT2D eigenvalue weighted by molar-refractivity contribution is 0.305. The minimum absolute atomic E-state index is 0.0650. The zero-order chi connectivity index (χ0) is 8.81. The minimum Gasteiger partial charge on any atom is -0.488 e. The third kappa shape index (κ3) is 2.42. The number of pyridine rings is 1. The second kappa shape index (κ2) is 4.59. The Morgan fingerprint density at radius 3 is 3.08 bits per heavy atom. The first-order chi connectivity index (χ1) is 5.84. The molecule has 3 nitrogen and oxygen atoms in total. The summed E-state index contributed by atoms with van der Waals surface area (Å²) in [5.74, 6) is 0.408. The Bertz CT molecular complexity index is 280. The molecule has 0 unspecified atom stereocenters. The molecule has 3 heteroatoms. The summed E-state index contributed by atoms with van der Waals surface area (Å²) in [6, 6.07) is 1.46. The normalized spacial score (nSPS) is 9.75. The predicted molar refractivity (Wildman–Crippen MR) is 47.5 cm³/mol. The van der Waals surface area contributed by atoms with Crippen molar-refractivity contribution >= 4 is 0 Å². The second-order valence-corrected chi connectivity index (χ2v) is 2.57. The van der Waals surface area contributed by atoms with Crippen molar-refractivity contribution in [3.63, 3.8) is 0 Å². The Hall–Kier alpha value is -1.25. The van der Waals surface area contributed by atoms with Crippen LogP contribution in [0.5, 0.6) is 5.75 Å². The van der Waals surface area contributed by atoms with Gasteiger partial charge in [0.05, 0.1) is 6.61 Å². The maximum atomic E-state index is 11.1. The van der Waals surface area contributed by atoms with E-state index >= 15 is 0 Å². The van der Waals surface area contributed by atoms with Crippen LogP contribution in [0.25, 0.3) is 0 Å². The summed E-state index contributed by atoms with van der Waals surface area (Å²) in [7, 11) is 0. The van der Waals surface area contributed by atoms with Gasteiger partial charge in [-0.05, 0) is 6.42 Å². The van der Waals surface area contributed by atoms with Gasteiger partial charge in [-0.2, -0.15) is 0 Å². The fourth-order valence-corrected chi connectivity index (χ4v) is 0.840. The lowest BCUT2D eigenvalue weighted by Gasteiger charge is -2.02. The van der Waals surface area contributed by atoms with Crippen LogP contribution in [0.4, 0.5) is 0 Å². The van der Waals surface area contributed by atoms with Gasteiger partial charge < -0.3 is 9.72 Å². The van der Waals surface area contributed by atoms with Gasteiger partial charge in [0, 0.05) is 18.5 Å². The van der Waals surface area contributed by atoms with Gasteiger partial charge in [0.15, 0.2) is 5.75 Å². The van der Waals surface area contributed by atoms with Crippen molar-refractivity contribution in [3.05, 3.63) is 28.7 Å². The molecule has 0 radical (unpaired) electrons. The van der Waals surface area contributed by atoms with E-state index in [2.05, 4.69) is 11.9 Å². The second-order valence-electron chi connectivity index (χ2n) is 2.57. The number of H-pyrrole nitrogens is 1. The van der Waals surface area contributed by atoms with Gasteiger partial charge in [-0.1, -0.05) is 13.3 Å². The molecule has 0 amide bonds. The largest absolute Gasteiger partial charge is 0.488 e. The molecular weight excluding hydrogens is 154 g/mol. The Kier molecular flexibility index (Phi) is 3.38. The number of hydrogen-bond acceptors (Lipinski definition) is 2. The van der Waals surface area contributed by atoms with E-state index in [1.165, 1.54) is 6.07 Å². The van der Waals surface area contributed by atoms with E-state index in [1.807, 2.05) is 0 Å². The van der Waals surface area contributed by atoms with E-state index in [0.717, 1.165) is 12.8 Å². The molecule has 12 heavy (non-hydrogen) atoms. The Morgan fingerprint density at radius 2 is 2.42 bits per heavy atom. The molecule has 0 saturated carbocycles. The standard InChI is InChI=1S/C9H13NO2/c1-2-3-6-12-9-7-10-5-4-8(9)11/h4-5,7H,2-3,6H2,1H3,(H,10,11). The van der Waals surface area contributed by atoms with Crippen molar-refractivity contribution in [2.75, 3.05) is 6.61 Å². The van der Waals surface area contributed by atoms with Gasteiger partial charge in [0.25, 0.3) is 0 Å². The van der Waals surface area contributed by atoms with E-state index < -0.39 is 0 Å². The zero-order valence-corrected chi connectivity index (χ0v) is 7.17. The Morgan fingerprint density at radius 1 is 1.58 bits per heavy atom. The molecule has 0 aromatic carbocycles. The Balaban J connectivity index is 2.52. The summed E-state index contributed by atoms with van der Waals surface area (Å²) in [6.07, 6.45) is 5.23. The number of ether oxygens (including phenoxy) is 1. The van der Waals surface area contributed by atoms with Crippen LogP contribution in [0.1, 0.15) is 19.8 Å². The van der Waals surface area contributed by atoms with E-state index in [1.54, 1.807) is 12.4 Å². The summed E-state index contributed by atoms with van der Waals surface area (Å²) in [6.45, 7) is 2.70. The molecule has 1 heterocycles. The van der Waals surface area contributed by atoms with Crippen LogP contribution < -0.4 is 10.2 Å². The number of hydrogen-bond donors (Lipinski definition) is 1. The first-order valence-corrected chi connectivity index (χ1v) is 4.14. The van der Waals surface area contributed by atoms with E-state index in [4.69, 9.17) is 4.74 Å². The Labute approximate surface area is 71.4 Å². The van der Waals surface area contributed by atoms with Crippen LogP contribution >= 0.6 is 0 Å². The topological polar surface area (TPSA) is 42.1 Å². The van der Waals surface area contributed by atoms with Gasteiger partial charge in [0.1, 0.15) is 0 Å². The quantitative estimate of drug-likeness (QED) is 0.691. The number of unbranched alkanes of at least 4 members (excludes halogenated alkanes) is 1.